The largest absolute Gasteiger partial charge is 0.592 e. The molecule has 10 heteroatoms. The average Bonchev–Trinajstić information content (AvgIpc) is 3.32. The van der Waals surface area contributed by atoms with Crippen molar-refractivity contribution in [3.8, 4) is 5.75 Å². The number of nitrogens with zero attached hydrogens (tertiary/aromatic N) is 2. The zero-order valence-electron chi connectivity index (χ0n) is 18.2. The van der Waals surface area contributed by atoms with Crippen LogP contribution in [0.4, 0.5) is 5.69 Å². The van der Waals surface area contributed by atoms with E-state index >= 15 is 0 Å². The lowest BCUT2D eigenvalue weighted by atomic mass is 9.86. The zero-order valence-corrected chi connectivity index (χ0v) is 19.9. The van der Waals surface area contributed by atoms with Crippen molar-refractivity contribution >= 4 is 39.2 Å². The average molecular weight is 490 g/mol. The van der Waals surface area contributed by atoms with Gasteiger partial charge in [0.05, 0.1) is 24.6 Å². The second kappa shape index (κ2) is 8.83. The third-order valence-electron chi connectivity index (χ3n) is 6.78. The number of rotatable bonds is 3. The molecule has 0 aliphatic carbocycles. The number of thiophene rings is 1. The van der Waals surface area contributed by atoms with E-state index in [0.717, 1.165) is 0 Å². The molecule has 0 saturated carbocycles. The second-order valence-electron chi connectivity index (χ2n) is 8.97. The van der Waals surface area contributed by atoms with Crippen molar-refractivity contribution < 1.29 is 23.1 Å². The molecule has 1 aromatic carbocycles. The van der Waals surface area contributed by atoms with Gasteiger partial charge in [-0.25, -0.2) is 0 Å². The van der Waals surface area contributed by atoms with Crippen LogP contribution in [0.25, 0.3) is 0 Å². The molecule has 1 spiro atoms. The summed E-state index contributed by atoms with van der Waals surface area (Å²) in [7, 11) is -3.56. The van der Waals surface area contributed by atoms with Crippen molar-refractivity contribution in [2.45, 2.75) is 41.9 Å². The Bertz CT molecular complexity index is 1080. The molecular formula is C23H27N3O5S2. The molecule has 3 aliphatic rings. The van der Waals surface area contributed by atoms with Crippen LogP contribution in [0.1, 0.15) is 32.1 Å². The van der Waals surface area contributed by atoms with Crippen LogP contribution in [0, 0.1) is 5.92 Å². The van der Waals surface area contributed by atoms with E-state index in [0.29, 0.717) is 61.0 Å². The van der Waals surface area contributed by atoms with Crippen LogP contribution in [0.5, 0.6) is 5.75 Å². The lowest BCUT2D eigenvalue weighted by Gasteiger charge is -2.42. The van der Waals surface area contributed by atoms with E-state index in [4.69, 9.17) is 4.74 Å². The molecule has 0 radical (unpaired) electrons. The van der Waals surface area contributed by atoms with Crippen molar-refractivity contribution in [1.82, 2.24) is 9.21 Å². The van der Waals surface area contributed by atoms with Crippen LogP contribution < -0.4 is 10.1 Å². The van der Waals surface area contributed by atoms with Gasteiger partial charge in [-0.3, -0.25) is 9.59 Å². The summed E-state index contributed by atoms with van der Waals surface area (Å²) in [6.07, 6.45) is 2.72. The molecule has 2 amide bonds. The number of ether oxygens (including phenoxy) is 1. The Kier molecular flexibility index (Phi) is 6.02. The molecule has 2 aromatic rings. The van der Waals surface area contributed by atoms with Gasteiger partial charge in [0.2, 0.25) is 16.0 Å². The van der Waals surface area contributed by atoms with Crippen LogP contribution in [0.15, 0.2) is 46.0 Å². The summed E-state index contributed by atoms with van der Waals surface area (Å²) in [6.45, 7) is 1.63. The highest BCUT2D eigenvalue weighted by Gasteiger charge is 2.44. The van der Waals surface area contributed by atoms with Crippen molar-refractivity contribution in [2.24, 2.45) is 5.92 Å². The van der Waals surface area contributed by atoms with Crippen LogP contribution in [-0.4, -0.2) is 57.4 Å². The molecule has 1 aromatic heterocycles. The molecule has 176 valence electrons. The predicted octanol–water partition coefficient (Wildman–Crippen LogP) is 3.15. The number of hydrogen-bond acceptors (Lipinski definition) is 6. The van der Waals surface area contributed by atoms with Gasteiger partial charge in [-0.2, -0.15) is 0 Å². The number of benzene rings is 1. The Morgan fingerprint density at radius 2 is 1.97 bits per heavy atom. The van der Waals surface area contributed by atoms with Gasteiger partial charge in [0.15, 0.2) is 10.4 Å². The maximum atomic E-state index is 13.3. The number of carbonyl (C=O) groups excluding carboxylic acids is 2. The van der Waals surface area contributed by atoms with Crippen molar-refractivity contribution in [3.05, 3.63) is 41.8 Å². The van der Waals surface area contributed by atoms with E-state index in [1.807, 2.05) is 29.2 Å². The molecule has 8 nitrogen and oxygen atoms in total. The molecule has 2 unspecified atom stereocenters. The predicted molar refractivity (Wildman–Crippen MR) is 125 cm³/mol. The number of piperidine rings is 2. The normalized spacial score (nSPS) is 24.8. The maximum absolute atomic E-state index is 13.3. The summed E-state index contributed by atoms with van der Waals surface area (Å²) in [4.78, 5) is 27.6. The van der Waals surface area contributed by atoms with Crippen LogP contribution in [0.2, 0.25) is 0 Å². The molecule has 1 N–H and O–H groups in total. The summed E-state index contributed by atoms with van der Waals surface area (Å²) in [6, 6.07) is 10.7. The Labute approximate surface area is 198 Å². The van der Waals surface area contributed by atoms with Crippen LogP contribution in [-0.2, 0) is 24.2 Å². The fourth-order valence-corrected chi connectivity index (χ4v) is 7.66. The van der Waals surface area contributed by atoms with Crippen molar-refractivity contribution in [2.75, 3.05) is 31.5 Å². The SMILES string of the molecule is O=C1CC2(CCN(C(=O)C3CCCN([S+](=O)([O-])c4cccs4)C3)CC2)Oc2ccccc2N1. The third-order valence-corrected chi connectivity index (χ3v) is 10.0. The topological polar surface area (TPSA) is 102 Å². The zero-order chi connectivity index (χ0) is 23.1. The highest BCUT2D eigenvalue weighted by Crippen LogP contribution is 2.39. The molecule has 2 saturated heterocycles. The monoisotopic (exact) mass is 489 g/mol. The number of carbonyl (C=O) groups is 2. The van der Waals surface area contributed by atoms with E-state index in [1.165, 1.54) is 15.6 Å². The van der Waals surface area contributed by atoms with Gasteiger partial charge in [-0.1, -0.05) is 27.7 Å². The summed E-state index contributed by atoms with van der Waals surface area (Å²) < 4.78 is 33.9. The highest BCUT2D eigenvalue weighted by atomic mass is 32.3. The highest BCUT2D eigenvalue weighted by molar-refractivity contribution is 7.97. The first-order chi connectivity index (χ1) is 15.9. The number of fused-ring (bicyclic) bond motifs is 1. The van der Waals surface area contributed by atoms with E-state index in [9.17, 15) is 18.4 Å². The molecule has 5 rings (SSSR count). The smallest absolute Gasteiger partial charge is 0.229 e. The molecule has 33 heavy (non-hydrogen) atoms. The molecule has 4 heterocycles. The van der Waals surface area contributed by atoms with E-state index in [2.05, 4.69) is 5.32 Å². The van der Waals surface area contributed by atoms with Gasteiger partial charge in [0.1, 0.15) is 11.4 Å². The van der Waals surface area contributed by atoms with E-state index in [1.54, 1.807) is 17.5 Å². The van der Waals surface area contributed by atoms with Gasteiger partial charge >= 0.3 is 0 Å². The van der Waals surface area contributed by atoms with Crippen molar-refractivity contribution in [1.29, 1.82) is 0 Å². The Morgan fingerprint density at radius 1 is 1.18 bits per heavy atom. The molecule has 2 fully saturated rings. The quantitative estimate of drug-likeness (QED) is 0.668. The standard InChI is InChI=1S/C23H27N3O5S2/c27-20-15-23(31-19-7-2-1-6-18(19)24-20)9-12-25(13-10-23)22(28)17-5-3-11-26(16-17)33(29,30)21-8-4-14-32-21/h1-2,4,6-8,14,17H,3,5,9-13,15-16H2,(H-,24,27,29,30). The lowest BCUT2D eigenvalue weighted by Crippen LogP contribution is -2.54. The Morgan fingerprint density at radius 3 is 2.73 bits per heavy atom. The Balaban J connectivity index is 1.24. The van der Waals surface area contributed by atoms with E-state index < -0.39 is 16.0 Å². The number of sulfonamides is 1. The summed E-state index contributed by atoms with van der Waals surface area (Å²) in [5, 5.41) is 4.65. The number of likely N-dealkylation sites (tertiary alicyclic amines) is 1. The minimum atomic E-state index is -3.56. The lowest BCUT2D eigenvalue weighted by molar-refractivity contribution is -0.140. The van der Waals surface area contributed by atoms with Gasteiger partial charge in [-0.05, 0) is 36.4 Å². The molecular weight excluding hydrogens is 462 g/mol. The number of nitrogens with one attached hydrogen (secondary N) is 1. The van der Waals surface area contributed by atoms with E-state index in [-0.39, 0.29) is 30.7 Å². The minimum Gasteiger partial charge on any atom is -0.592 e. The number of anilines is 1. The maximum Gasteiger partial charge on any atom is 0.229 e. The second-order valence-corrected chi connectivity index (χ2v) is 12.1. The summed E-state index contributed by atoms with van der Waals surface area (Å²) in [5.41, 5.74) is 0.0429. The van der Waals surface area contributed by atoms with Crippen molar-refractivity contribution in [3.63, 3.8) is 0 Å². The van der Waals surface area contributed by atoms with Gasteiger partial charge in [0, 0.05) is 38.5 Å². The first-order valence-electron chi connectivity index (χ1n) is 11.3. The fourth-order valence-electron chi connectivity index (χ4n) is 4.99. The number of hydrogen-bond donors (Lipinski definition) is 1. The minimum absolute atomic E-state index is 0.00518. The molecule has 3 aliphatic heterocycles. The Hall–Kier alpha value is -2.27. The van der Waals surface area contributed by atoms with Gasteiger partial charge in [-0.15, -0.1) is 4.31 Å². The van der Waals surface area contributed by atoms with Gasteiger partial charge in [0.25, 0.3) is 0 Å². The number of para-hydroxylation sites is 2. The van der Waals surface area contributed by atoms with Crippen LogP contribution >= 0.6 is 11.3 Å². The molecule has 2 atom stereocenters. The first kappa shape index (κ1) is 22.5. The fraction of sp³-hybridized carbons (Fsp3) is 0.478. The van der Waals surface area contributed by atoms with Crippen LogP contribution in [0.3, 0.4) is 0 Å². The molecule has 0 bridgehead atoms. The summed E-state index contributed by atoms with van der Waals surface area (Å²) >= 11 is 1.20. The first-order valence-corrected chi connectivity index (χ1v) is 13.6. The van der Waals surface area contributed by atoms with Gasteiger partial charge < -0.3 is 19.5 Å². The summed E-state index contributed by atoms with van der Waals surface area (Å²) in [5.74, 6) is 0.224. The third kappa shape index (κ3) is 4.44. The number of amides is 2.